The van der Waals surface area contributed by atoms with Crippen molar-refractivity contribution in [1.82, 2.24) is 15.6 Å². The Labute approximate surface area is 174 Å². The van der Waals surface area contributed by atoms with E-state index in [2.05, 4.69) is 15.6 Å². The van der Waals surface area contributed by atoms with Crippen molar-refractivity contribution in [2.75, 3.05) is 33.5 Å². The summed E-state index contributed by atoms with van der Waals surface area (Å²) in [5.74, 6) is 0.890. The Hall–Kier alpha value is -2.97. The molecule has 0 bridgehead atoms. The molecule has 3 N–H and O–H groups in total. The minimum absolute atomic E-state index is 0.0622. The first-order valence-corrected chi connectivity index (χ1v) is 10.0. The number of nitrogens with one attached hydrogen (secondary N) is 2. The van der Waals surface area contributed by atoms with Crippen LogP contribution in [-0.4, -0.2) is 61.4 Å². The van der Waals surface area contributed by atoms with Gasteiger partial charge in [0.2, 0.25) is 0 Å². The maximum atomic E-state index is 12.8. The van der Waals surface area contributed by atoms with Gasteiger partial charge in [0.1, 0.15) is 18.1 Å². The topological polar surface area (TPSA) is 110 Å². The lowest BCUT2D eigenvalue weighted by molar-refractivity contribution is 0.0928. The maximum Gasteiger partial charge on any atom is 0.269 e. The summed E-state index contributed by atoms with van der Waals surface area (Å²) >= 11 is 0. The zero-order valence-electron chi connectivity index (χ0n) is 16.8. The molecule has 158 valence electrons. The number of nitrogens with zero attached hydrogens (tertiary/aromatic N) is 1. The van der Waals surface area contributed by atoms with Gasteiger partial charge in [-0.3, -0.25) is 9.59 Å². The molecule has 8 heteroatoms. The Balaban J connectivity index is 1.54. The fourth-order valence-corrected chi connectivity index (χ4v) is 3.86. The van der Waals surface area contributed by atoms with E-state index in [4.69, 9.17) is 14.6 Å². The number of aliphatic hydroxyl groups excluding tert-OH is 1. The number of aromatic nitrogens is 1. The number of amides is 2. The zero-order valence-corrected chi connectivity index (χ0v) is 16.8. The average molecular weight is 411 g/mol. The minimum Gasteiger partial charge on any atom is -0.491 e. The van der Waals surface area contributed by atoms with Gasteiger partial charge in [0.05, 0.1) is 19.8 Å². The number of hydrogen-bond donors (Lipinski definition) is 3. The van der Waals surface area contributed by atoms with Gasteiger partial charge in [-0.15, -0.1) is 0 Å². The summed E-state index contributed by atoms with van der Waals surface area (Å²) in [6, 6.07) is 10.8. The molecule has 2 fully saturated rings. The first-order chi connectivity index (χ1) is 14.6. The van der Waals surface area contributed by atoms with Crippen LogP contribution in [0.5, 0.6) is 5.75 Å². The minimum atomic E-state index is -0.345. The molecule has 1 aromatic carbocycles. The quantitative estimate of drug-likeness (QED) is 0.592. The van der Waals surface area contributed by atoms with Crippen molar-refractivity contribution in [3.05, 3.63) is 58.9 Å². The number of carbonyl (C=O) groups is 2. The molecule has 1 saturated heterocycles. The van der Waals surface area contributed by atoms with E-state index >= 15 is 0 Å². The Kier molecular flexibility index (Phi) is 5.96. The number of benzene rings is 1. The molecule has 30 heavy (non-hydrogen) atoms. The van der Waals surface area contributed by atoms with Gasteiger partial charge in [0.25, 0.3) is 11.8 Å². The SMILES string of the molecule is CNC(=O)c1cc(C(=O)NC2[C@H]3COC[C@@H]23)cc(Cc2cccc(OCCO)c2)n1. The second kappa shape index (κ2) is 8.81. The van der Waals surface area contributed by atoms with Gasteiger partial charge in [-0.1, -0.05) is 12.1 Å². The lowest BCUT2D eigenvalue weighted by atomic mass is 10.1. The van der Waals surface area contributed by atoms with Crippen molar-refractivity contribution < 1.29 is 24.2 Å². The standard InChI is InChI=1S/C22H25N3O5/c1-23-22(28)19-10-14(21(27)25-20-17-11-29-12-18(17)20)9-15(24-19)7-13-3-2-4-16(8-13)30-6-5-26/h2-4,8-10,17-18,20,26H,5-7,11-12H2,1H3,(H,23,28)(H,25,27)/t17-,18+,20?. The van der Waals surface area contributed by atoms with Gasteiger partial charge in [0.15, 0.2) is 0 Å². The summed E-state index contributed by atoms with van der Waals surface area (Å²) in [6.07, 6.45) is 0.434. The molecule has 4 rings (SSSR count). The number of carbonyl (C=O) groups excluding carboxylic acids is 2. The molecule has 1 aromatic heterocycles. The normalized spacial score (nSPS) is 21.6. The van der Waals surface area contributed by atoms with E-state index in [9.17, 15) is 9.59 Å². The third-order valence-corrected chi connectivity index (χ3v) is 5.49. The van der Waals surface area contributed by atoms with Crippen LogP contribution in [0.25, 0.3) is 0 Å². The van der Waals surface area contributed by atoms with E-state index in [-0.39, 0.29) is 36.8 Å². The average Bonchev–Trinajstić information content (AvgIpc) is 3.17. The van der Waals surface area contributed by atoms with Crippen LogP contribution >= 0.6 is 0 Å². The maximum absolute atomic E-state index is 12.8. The number of hydrogen-bond acceptors (Lipinski definition) is 6. The van der Waals surface area contributed by atoms with Crippen LogP contribution in [-0.2, 0) is 11.2 Å². The molecule has 8 nitrogen and oxygen atoms in total. The molecule has 2 heterocycles. The van der Waals surface area contributed by atoms with Gasteiger partial charge < -0.3 is 25.2 Å². The molecule has 2 aromatic rings. The Morgan fingerprint density at radius 1 is 1.20 bits per heavy atom. The Morgan fingerprint density at radius 3 is 2.73 bits per heavy atom. The van der Waals surface area contributed by atoms with E-state index in [1.807, 2.05) is 24.3 Å². The van der Waals surface area contributed by atoms with Crippen LogP contribution < -0.4 is 15.4 Å². The van der Waals surface area contributed by atoms with Crippen LogP contribution in [0.2, 0.25) is 0 Å². The third-order valence-electron chi connectivity index (χ3n) is 5.49. The monoisotopic (exact) mass is 411 g/mol. The highest BCUT2D eigenvalue weighted by atomic mass is 16.5. The summed E-state index contributed by atoms with van der Waals surface area (Å²) in [5, 5.41) is 14.5. The number of pyridine rings is 1. The van der Waals surface area contributed by atoms with Gasteiger partial charge >= 0.3 is 0 Å². The largest absolute Gasteiger partial charge is 0.491 e. The number of ether oxygens (including phenoxy) is 2. The summed E-state index contributed by atoms with van der Waals surface area (Å²) in [5.41, 5.74) is 2.15. The van der Waals surface area contributed by atoms with Gasteiger partial charge in [-0.2, -0.15) is 0 Å². The second-order valence-electron chi connectivity index (χ2n) is 7.57. The number of rotatable bonds is 8. The number of fused-ring (bicyclic) bond motifs is 1. The van der Waals surface area contributed by atoms with Gasteiger partial charge in [-0.25, -0.2) is 4.98 Å². The molecule has 2 amide bonds. The second-order valence-corrected chi connectivity index (χ2v) is 7.57. The molecule has 0 spiro atoms. The van der Waals surface area contributed by atoms with Crippen LogP contribution in [0.15, 0.2) is 36.4 Å². The third kappa shape index (κ3) is 4.44. The van der Waals surface area contributed by atoms with Crippen LogP contribution in [0.3, 0.4) is 0 Å². The lowest BCUT2D eigenvalue weighted by Gasteiger charge is -2.11. The Bertz CT molecular complexity index is 938. The molecule has 1 saturated carbocycles. The fourth-order valence-electron chi connectivity index (χ4n) is 3.86. The molecule has 3 atom stereocenters. The Morgan fingerprint density at radius 2 is 2.00 bits per heavy atom. The van der Waals surface area contributed by atoms with E-state index in [0.29, 0.717) is 48.5 Å². The lowest BCUT2D eigenvalue weighted by Crippen LogP contribution is -2.30. The molecule has 1 aliphatic carbocycles. The highest BCUT2D eigenvalue weighted by Gasteiger charge is 2.54. The smallest absolute Gasteiger partial charge is 0.269 e. The molecule has 0 radical (unpaired) electrons. The first kappa shape index (κ1) is 20.3. The van der Waals surface area contributed by atoms with Crippen molar-refractivity contribution >= 4 is 11.8 Å². The summed E-state index contributed by atoms with van der Waals surface area (Å²) in [7, 11) is 1.53. The van der Waals surface area contributed by atoms with Crippen molar-refractivity contribution in [2.45, 2.75) is 12.5 Å². The highest BCUT2D eigenvalue weighted by Crippen LogP contribution is 2.44. The number of aliphatic hydroxyl groups is 1. The summed E-state index contributed by atoms with van der Waals surface area (Å²) in [4.78, 5) is 29.4. The molecule has 1 unspecified atom stereocenters. The summed E-state index contributed by atoms with van der Waals surface area (Å²) < 4.78 is 10.8. The highest BCUT2D eigenvalue weighted by molar-refractivity contribution is 5.98. The first-order valence-electron chi connectivity index (χ1n) is 10.0. The van der Waals surface area contributed by atoms with Crippen molar-refractivity contribution in [3.63, 3.8) is 0 Å². The van der Waals surface area contributed by atoms with E-state index in [0.717, 1.165) is 5.56 Å². The van der Waals surface area contributed by atoms with Crippen LogP contribution in [0.4, 0.5) is 0 Å². The molecule has 2 aliphatic rings. The van der Waals surface area contributed by atoms with Crippen LogP contribution in [0, 0.1) is 11.8 Å². The van der Waals surface area contributed by atoms with E-state index < -0.39 is 0 Å². The van der Waals surface area contributed by atoms with Crippen molar-refractivity contribution in [1.29, 1.82) is 0 Å². The summed E-state index contributed by atoms with van der Waals surface area (Å²) in [6.45, 7) is 1.53. The predicted molar refractivity (Wildman–Crippen MR) is 109 cm³/mol. The van der Waals surface area contributed by atoms with E-state index in [1.54, 1.807) is 6.07 Å². The van der Waals surface area contributed by atoms with Gasteiger partial charge in [-0.05, 0) is 29.8 Å². The van der Waals surface area contributed by atoms with Crippen molar-refractivity contribution in [2.24, 2.45) is 11.8 Å². The predicted octanol–water partition coefficient (Wildman–Crippen LogP) is 0.778. The van der Waals surface area contributed by atoms with Gasteiger partial charge in [0, 0.05) is 42.6 Å². The molecular formula is C22H25N3O5. The van der Waals surface area contributed by atoms with Crippen LogP contribution in [0.1, 0.15) is 32.1 Å². The fraction of sp³-hybridized carbons (Fsp3) is 0.409. The molecule has 1 aliphatic heterocycles. The van der Waals surface area contributed by atoms with E-state index in [1.165, 1.54) is 13.1 Å². The van der Waals surface area contributed by atoms with Crippen molar-refractivity contribution in [3.8, 4) is 5.75 Å². The molecular weight excluding hydrogens is 386 g/mol. The zero-order chi connectivity index (χ0) is 21.1.